The molecule has 1 heterocycles. The number of rotatable bonds is 12. The third-order valence-corrected chi connectivity index (χ3v) is 5.92. The minimum Gasteiger partial charge on any atom is -0.466 e. The predicted molar refractivity (Wildman–Crippen MR) is 124 cm³/mol. The molecule has 30 heavy (non-hydrogen) atoms. The summed E-state index contributed by atoms with van der Waals surface area (Å²) in [6, 6.07) is 9.88. The van der Waals surface area contributed by atoms with E-state index in [4.69, 9.17) is 9.15 Å². The fraction of sp³-hybridized carbons (Fsp3) is 0.440. The summed E-state index contributed by atoms with van der Waals surface area (Å²) in [6.45, 7) is 6.02. The minimum absolute atomic E-state index is 0.147. The number of carbonyl (C=O) groups excluding carboxylic acids is 1. The fourth-order valence-electron chi connectivity index (χ4n) is 3.14. The zero-order valence-electron chi connectivity index (χ0n) is 17.9. The summed E-state index contributed by atoms with van der Waals surface area (Å²) in [5, 5.41) is 0.197. The molecular formula is C25H31NO3S. The van der Waals surface area contributed by atoms with Crippen LogP contribution in [0.2, 0.25) is 0 Å². The first kappa shape index (κ1) is 23.8. The van der Waals surface area contributed by atoms with Gasteiger partial charge < -0.3 is 9.15 Å². The van der Waals surface area contributed by atoms with E-state index >= 15 is 0 Å². The summed E-state index contributed by atoms with van der Waals surface area (Å²) in [4.78, 5) is 16.9. The molecule has 4 nitrogen and oxygen atoms in total. The van der Waals surface area contributed by atoms with Crippen LogP contribution in [0.5, 0.6) is 0 Å². The molecule has 0 saturated heterocycles. The van der Waals surface area contributed by atoms with Gasteiger partial charge in [0.05, 0.1) is 18.2 Å². The molecule has 2 unspecified atom stereocenters. The number of ether oxygens (including phenoxy) is 1. The average molecular weight is 426 g/mol. The monoisotopic (exact) mass is 425 g/mol. The van der Waals surface area contributed by atoms with Crippen LogP contribution in [-0.4, -0.2) is 29.1 Å². The van der Waals surface area contributed by atoms with E-state index in [9.17, 15) is 4.79 Å². The van der Waals surface area contributed by atoms with Gasteiger partial charge in [-0.2, -0.15) is 11.8 Å². The lowest BCUT2D eigenvalue weighted by atomic mass is 9.97. The van der Waals surface area contributed by atoms with E-state index in [1.54, 1.807) is 18.0 Å². The van der Waals surface area contributed by atoms with Gasteiger partial charge >= 0.3 is 5.97 Å². The molecule has 0 spiro atoms. The highest BCUT2D eigenvalue weighted by Crippen LogP contribution is 2.26. The smallest absolute Gasteiger partial charge is 0.311 e. The van der Waals surface area contributed by atoms with Gasteiger partial charge in [-0.15, -0.1) is 18.4 Å². The maximum absolute atomic E-state index is 12.4. The van der Waals surface area contributed by atoms with Crippen molar-refractivity contribution in [2.45, 2.75) is 50.7 Å². The van der Waals surface area contributed by atoms with Crippen molar-refractivity contribution < 1.29 is 13.9 Å². The van der Waals surface area contributed by atoms with Gasteiger partial charge in [0.25, 0.3) is 0 Å². The molecule has 0 N–H and O–H groups in total. The summed E-state index contributed by atoms with van der Waals surface area (Å²) < 4.78 is 10.8. The number of hydrogen-bond acceptors (Lipinski definition) is 5. The first-order valence-electron chi connectivity index (χ1n) is 10.5. The molecular weight excluding hydrogens is 394 g/mol. The zero-order valence-corrected chi connectivity index (χ0v) is 18.7. The zero-order chi connectivity index (χ0) is 21.6. The fourth-order valence-corrected chi connectivity index (χ4v) is 4.05. The molecule has 0 fully saturated rings. The van der Waals surface area contributed by atoms with Crippen LogP contribution in [0.25, 0.3) is 11.5 Å². The Morgan fingerprint density at radius 1 is 1.33 bits per heavy atom. The van der Waals surface area contributed by atoms with E-state index in [1.165, 1.54) is 0 Å². The predicted octanol–water partition coefficient (Wildman–Crippen LogP) is 5.93. The number of allylic oxidation sites excluding steroid dienone is 1. The number of oxazole rings is 1. The number of hydrogen-bond donors (Lipinski definition) is 0. The third-order valence-electron chi connectivity index (χ3n) is 4.75. The number of benzene rings is 1. The van der Waals surface area contributed by atoms with Crippen LogP contribution in [0.15, 0.2) is 53.7 Å². The average Bonchev–Trinajstić information content (AvgIpc) is 3.24. The molecule has 2 aromatic rings. The summed E-state index contributed by atoms with van der Waals surface area (Å²) in [7, 11) is 0. The Balaban J connectivity index is 1.83. The van der Waals surface area contributed by atoms with Crippen molar-refractivity contribution in [1.29, 1.82) is 0 Å². The lowest BCUT2D eigenvalue weighted by Crippen LogP contribution is -2.27. The van der Waals surface area contributed by atoms with Gasteiger partial charge in [-0.25, -0.2) is 4.98 Å². The Morgan fingerprint density at radius 3 is 2.83 bits per heavy atom. The van der Waals surface area contributed by atoms with Crippen molar-refractivity contribution >= 4 is 17.7 Å². The van der Waals surface area contributed by atoms with Crippen LogP contribution in [-0.2, 0) is 16.0 Å². The van der Waals surface area contributed by atoms with E-state index < -0.39 is 0 Å². The van der Waals surface area contributed by atoms with Gasteiger partial charge in [0, 0.05) is 23.7 Å². The van der Waals surface area contributed by atoms with Crippen molar-refractivity contribution in [3.8, 4) is 23.3 Å². The molecule has 0 aliphatic heterocycles. The van der Waals surface area contributed by atoms with Crippen molar-refractivity contribution in [1.82, 2.24) is 4.98 Å². The largest absolute Gasteiger partial charge is 0.466 e. The molecule has 5 heteroatoms. The summed E-state index contributed by atoms with van der Waals surface area (Å²) in [5.74, 6) is 6.72. The van der Waals surface area contributed by atoms with E-state index in [1.807, 2.05) is 49.6 Å². The lowest BCUT2D eigenvalue weighted by Gasteiger charge is -2.22. The highest BCUT2D eigenvalue weighted by atomic mass is 32.2. The second-order valence-corrected chi connectivity index (χ2v) is 8.00. The van der Waals surface area contributed by atoms with E-state index in [0.29, 0.717) is 18.9 Å². The molecule has 0 bridgehead atoms. The second kappa shape index (κ2) is 13.7. The van der Waals surface area contributed by atoms with E-state index in [-0.39, 0.29) is 17.1 Å². The number of esters is 1. The summed E-state index contributed by atoms with van der Waals surface area (Å²) in [6.07, 6.45) is 10.5. The molecule has 160 valence electrons. The van der Waals surface area contributed by atoms with Gasteiger partial charge in [0.15, 0.2) is 0 Å². The van der Waals surface area contributed by atoms with Gasteiger partial charge in [-0.3, -0.25) is 4.79 Å². The van der Waals surface area contributed by atoms with Crippen LogP contribution in [0.3, 0.4) is 0 Å². The Kier molecular flexibility index (Phi) is 10.9. The van der Waals surface area contributed by atoms with Gasteiger partial charge in [-0.05, 0) is 51.0 Å². The highest BCUT2D eigenvalue weighted by molar-refractivity contribution is 7.99. The second-order valence-electron chi connectivity index (χ2n) is 6.92. The quantitative estimate of drug-likeness (QED) is 0.182. The Hall–Kier alpha value is -2.45. The molecule has 0 saturated carbocycles. The number of nitrogens with zero attached hydrogens (tertiary/aromatic N) is 1. The van der Waals surface area contributed by atoms with Crippen LogP contribution in [0, 0.1) is 17.8 Å². The molecule has 0 aliphatic carbocycles. The Labute approximate surface area is 184 Å². The lowest BCUT2D eigenvalue weighted by molar-refractivity contribution is -0.147. The van der Waals surface area contributed by atoms with Crippen molar-refractivity contribution in [3.63, 3.8) is 0 Å². The molecule has 0 amide bonds. The number of aryl methyl sites for hydroxylation is 1. The highest BCUT2D eigenvalue weighted by Gasteiger charge is 2.27. The minimum atomic E-state index is -0.198. The topological polar surface area (TPSA) is 52.3 Å². The standard InChI is InChI=1S/C25H31NO3S/c1-4-6-18-23(30-3)22(25(27)28-5-2)17-13-8-7-12-16-21-19-29-24(26-21)20-14-10-9-11-15-20/h4,9-11,14-15,19,22-23H,1,5-7,12,16-18H2,2-3H3. The Bertz CT molecular complexity index is 835. The number of unbranched alkanes of at least 4 members (excludes halogenated alkanes) is 1. The third kappa shape index (κ3) is 7.76. The van der Waals surface area contributed by atoms with E-state index in [2.05, 4.69) is 23.4 Å². The molecule has 0 aliphatic rings. The van der Waals surface area contributed by atoms with Gasteiger partial charge in [-0.1, -0.05) is 24.3 Å². The Morgan fingerprint density at radius 2 is 2.13 bits per heavy atom. The first-order chi connectivity index (χ1) is 14.7. The maximum Gasteiger partial charge on any atom is 0.311 e. The molecule has 0 radical (unpaired) electrons. The van der Waals surface area contributed by atoms with Gasteiger partial charge in [0.2, 0.25) is 5.89 Å². The van der Waals surface area contributed by atoms with Crippen LogP contribution >= 0.6 is 11.8 Å². The van der Waals surface area contributed by atoms with Crippen LogP contribution in [0.4, 0.5) is 0 Å². The molecule has 1 aromatic heterocycles. The SMILES string of the molecule is C=CCCC(SC)C(CC#CCCCc1coc(-c2ccccc2)n1)C(=O)OCC. The first-order valence-corrected chi connectivity index (χ1v) is 11.7. The normalized spacial score (nSPS) is 12.5. The summed E-state index contributed by atoms with van der Waals surface area (Å²) in [5.41, 5.74) is 1.92. The molecule has 2 rings (SSSR count). The van der Waals surface area contributed by atoms with E-state index in [0.717, 1.165) is 43.4 Å². The van der Waals surface area contributed by atoms with Crippen LogP contribution in [0.1, 0.15) is 44.7 Å². The summed E-state index contributed by atoms with van der Waals surface area (Å²) >= 11 is 1.70. The van der Waals surface area contributed by atoms with Crippen molar-refractivity contribution in [2.75, 3.05) is 12.9 Å². The maximum atomic E-state index is 12.4. The number of aromatic nitrogens is 1. The van der Waals surface area contributed by atoms with Crippen molar-refractivity contribution in [3.05, 3.63) is 54.9 Å². The van der Waals surface area contributed by atoms with Crippen LogP contribution < -0.4 is 0 Å². The molecule has 2 atom stereocenters. The van der Waals surface area contributed by atoms with Gasteiger partial charge in [0.1, 0.15) is 6.26 Å². The van der Waals surface area contributed by atoms with Crippen molar-refractivity contribution in [2.24, 2.45) is 5.92 Å². The molecule has 1 aromatic carbocycles. The number of thioether (sulfide) groups is 1. The number of carbonyl (C=O) groups is 1.